The van der Waals surface area contributed by atoms with Crippen molar-refractivity contribution in [2.24, 2.45) is 10.9 Å². The number of guanidine groups is 1. The molecular formula is C15H29N3O2. The molecule has 0 aromatic rings. The minimum Gasteiger partial charge on any atom is -0.379 e. The number of rotatable bonds is 9. The first kappa shape index (κ1) is 15.6. The van der Waals surface area contributed by atoms with Gasteiger partial charge in [-0.3, -0.25) is 4.99 Å². The Balaban J connectivity index is 1.47. The van der Waals surface area contributed by atoms with Gasteiger partial charge in [0.05, 0.1) is 12.7 Å². The molecule has 1 saturated carbocycles. The Hall–Kier alpha value is -0.810. The molecule has 2 N–H and O–H groups in total. The summed E-state index contributed by atoms with van der Waals surface area (Å²) in [5.74, 6) is 1.78. The summed E-state index contributed by atoms with van der Waals surface area (Å²) in [6, 6.07) is 0. The van der Waals surface area contributed by atoms with E-state index in [4.69, 9.17) is 9.47 Å². The highest BCUT2D eigenvalue weighted by Crippen LogP contribution is 2.28. The standard InChI is InChI=1S/C15H29N3O2/c1-2-16-15(18-11-13-6-7-13)17-8-4-9-19-12-14-5-3-10-20-14/h13-14H,2-12H2,1H3,(H2,16,17,18). The Morgan fingerprint density at radius 3 is 2.90 bits per heavy atom. The maximum atomic E-state index is 5.64. The van der Waals surface area contributed by atoms with Gasteiger partial charge in [-0.15, -0.1) is 0 Å². The molecule has 0 aromatic carbocycles. The quantitative estimate of drug-likeness (QED) is 0.383. The molecule has 1 heterocycles. The summed E-state index contributed by atoms with van der Waals surface area (Å²) in [7, 11) is 0. The molecule has 2 aliphatic rings. The van der Waals surface area contributed by atoms with Crippen molar-refractivity contribution in [2.75, 3.05) is 39.5 Å². The van der Waals surface area contributed by atoms with Crippen molar-refractivity contribution >= 4 is 5.96 Å². The summed E-state index contributed by atoms with van der Waals surface area (Å²) in [6.45, 7) is 7.31. The predicted octanol–water partition coefficient (Wildman–Crippen LogP) is 1.54. The number of ether oxygens (including phenoxy) is 2. The van der Waals surface area contributed by atoms with E-state index in [1.165, 1.54) is 19.3 Å². The van der Waals surface area contributed by atoms with Gasteiger partial charge in [0, 0.05) is 32.8 Å². The topological polar surface area (TPSA) is 54.9 Å². The van der Waals surface area contributed by atoms with Gasteiger partial charge in [-0.25, -0.2) is 0 Å². The lowest BCUT2D eigenvalue weighted by Gasteiger charge is -2.12. The van der Waals surface area contributed by atoms with Crippen molar-refractivity contribution in [3.8, 4) is 0 Å². The number of nitrogens with zero attached hydrogens (tertiary/aromatic N) is 1. The first-order chi connectivity index (χ1) is 9.88. The van der Waals surface area contributed by atoms with Crippen LogP contribution in [-0.4, -0.2) is 51.5 Å². The van der Waals surface area contributed by atoms with Crippen molar-refractivity contribution in [3.05, 3.63) is 0 Å². The first-order valence-corrected chi connectivity index (χ1v) is 8.10. The molecule has 1 atom stereocenters. The van der Waals surface area contributed by atoms with Crippen LogP contribution in [0.5, 0.6) is 0 Å². The van der Waals surface area contributed by atoms with Crippen molar-refractivity contribution in [3.63, 3.8) is 0 Å². The zero-order valence-corrected chi connectivity index (χ0v) is 12.7. The Morgan fingerprint density at radius 2 is 2.20 bits per heavy atom. The van der Waals surface area contributed by atoms with Gasteiger partial charge in [-0.2, -0.15) is 0 Å². The van der Waals surface area contributed by atoms with Gasteiger partial charge < -0.3 is 20.1 Å². The van der Waals surface area contributed by atoms with Crippen LogP contribution in [0.4, 0.5) is 0 Å². The monoisotopic (exact) mass is 283 g/mol. The average Bonchev–Trinajstić information content (AvgIpc) is 3.14. The van der Waals surface area contributed by atoms with Gasteiger partial charge in [0.1, 0.15) is 0 Å². The zero-order valence-electron chi connectivity index (χ0n) is 12.7. The van der Waals surface area contributed by atoms with Crippen LogP contribution in [0.2, 0.25) is 0 Å². The van der Waals surface area contributed by atoms with Crippen LogP contribution < -0.4 is 10.6 Å². The second-order valence-corrected chi connectivity index (χ2v) is 5.65. The van der Waals surface area contributed by atoms with E-state index in [1.54, 1.807) is 0 Å². The molecule has 2 rings (SSSR count). The van der Waals surface area contributed by atoms with Crippen molar-refractivity contribution in [1.29, 1.82) is 0 Å². The Labute approximate surface area is 122 Å². The lowest BCUT2D eigenvalue weighted by molar-refractivity contribution is 0.0168. The van der Waals surface area contributed by atoms with Gasteiger partial charge in [0.25, 0.3) is 0 Å². The normalized spacial score (nSPS) is 23.1. The molecule has 0 aromatic heterocycles. The largest absolute Gasteiger partial charge is 0.379 e. The SMILES string of the molecule is CCNC(=NCC1CC1)NCCCOCC1CCCO1. The fourth-order valence-electron chi connectivity index (χ4n) is 2.23. The maximum absolute atomic E-state index is 5.64. The smallest absolute Gasteiger partial charge is 0.191 e. The lowest BCUT2D eigenvalue weighted by Crippen LogP contribution is -2.38. The number of hydrogen-bond donors (Lipinski definition) is 2. The summed E-state index contributed by atoms with van der Waals surface area (Å²) < 4.78 is 11.2. The molecule has 1 aliphatic heterocycles. The fraction of sp³-hybridized carbons (Fsp3) is 0.933. The molecule has 5 nitrogen and oxygen atoms in total. The van der Waals surface area contributed by atoms with Gasteiger partial charge in [-0.05, 0) is 44.9 Å². The predicted molar refractivity (Wildman–Crippen MR) is 81.1 cm³/mol. The van der Waals surface area contributed by atoms with Crippen LogP contribution in [0, 0.1) is 5.92 Å². The first-order valence-electron chi connectivity index (χ1n) is 8.10. The maximum Gasteiger partial charge on any atom is 0.191 e. The van der Waals surface area contributed by atoms with Gasteiger partial charge >= 0.3 is 0 Å². The summed E-state index contributed by atoms with van der Waals surface area (Å²) >= 11 is 0. The third-order valence-corrected chi connectivity index (χ3v) is 3.63. The third-order valence-electron chi connectivity index (χ3n) is 3.63. The summed E-state index contributed by atoms with van der Waals surface area (Å²) in [5, 5.41) is 6.64. The number of aliphatic imine (C=N–C) groups is 1. The fourth-order valence-corrected chi connectivity index (χ4v) is 2.23. The minimum atomic E-state index is 0.334. The van der Waals surface area contributed by atoms with E-state index in [0.29, 0.717) is 6.10 Å². The molecule has 0 amide bonds. The molecule has 0 radical (unpaired) electrons. The van der Waals surface area contributed by atoms with Crippen LogP contribution in [0.1, 0.15) is 39.0 Å². The molecule has 116 valence electrons. The number of nitrogens with one attached hydrogen (secondary N) is 2. The Morgan fingerprint density at radius 1 is 1.30 bits per heavy atom. The van der Waals surface area contributed by atoms with Crippen LogP contribution in [0.15, 0.2) is 4.99 Å². The van der Waals surface area contributed by atoms with E-state index in [0.717, 1.165) is 64.2 Å². The van der Waals surface area contributed by atoms with E-state index in [2.05, 4.69) is 22.5 Å². The van der Waals surface area contributed by atoms with Gasteiger partial charge in [0.2, 0.25) is 0 Å². The zero-order chi connectivity index (χ0) is 14.0. The third kappa shape index (κ3) is 6.57. The summed E-state index contributed by atoms with van der Waals surface area (Å²) in [4.78, 5) is 4.59. The van der Waals surface area contributed by atoms with Crippen molar-refractivity contribution in [1.82, 2.24) is 10.6 Å². The van der Waals surface area contributed by atoms with E-state index in [-0.39, 0.29) is 0 Å². The summed E-state index contributed by atoms with van der Waals surface area (Å²) in [6.07, 6.45) is 6.36. The second kappa shape index (κ2) is 9.19. The molecule has 2 fully saturated rings. The minimum absolute atomic E-state index is 0.334. The molecule has 1 unspecified atom stereocenters. The van der Waals surface area contributed by atoms with Crippen molar-refractivity contribution < 1.29 is 9.47 Å². The van der Waals surface area contributed by atoms with E-state index >= 15 is 0 Å². The van der Waals surface area contributed by atoms with Crippen molar-refractivity contribution in [2.45, 2.75) is 45.1 Å². The molecule has 5 heteroatoms. The number of hydrogen-bond acceptors (Lipinski definition) is 3. The summed E-state index contributed by atoms with van der Waals surface area (Å²) in [5.41, 5.74) is 0. The highest BCUT2D eigenvalue weighted by atomic mass is 16.5. The van der Waals surface area contributed by atoms with Crippen LogP contribution >= 0.6 is 0 Å². The molecule has 20 heavy (non-hydrogen) atoms. The molecule has 1 saturated heterocycles. The van der Waals surface area contributed by atoms with Crippen LogP contribution in [0.25, 0.3) is 0 Å². The average molecular weight is 283 g/mol. The molecular weight excluding hydrogens is 254 g/mol. The van der Waals surface area contributed by atoms with E-state index in [1.807, 2.05) is 0 Å². The molecule has 1 aliphatic carbocycles. The highest BCUT2D eigenvalue weighted by Gasteiger charge is 2.20. The molecule has 0 bridgehead atoms. The van der Waals surface area contributed by atoms with Crippen LogP contribution in [-0.2, 0) is 9.47 Å². The lowest BCUT2D eigenvalue weighted by atomic mass is 10.2. The van der Waals surface area contributed by atoms with E-state index in [9.17, 15) is 0 Å². The molecule has 0 spiro atoms. The Kier molecular flexibility index (Phi) is 7.15. The second-order valence-electron chi connectivity index (χ2n) is 5.65. The van der Waals surface area contributed by atoms with Gasteiger partial charge in [-0.1, -0.05) is 0 Å². The Bertz CT molecular complexity index is 287. The van der Waals surface area contributed by atoms with E-state index < -0.39 is 0 Å². The van der Waals surface area contributed by atoms with Gasteiger partial charge in [0.15, 0.2) is 5.96 Å². The van der Waals surface area contributed by atoms with Crippen LogP contribution in [0.3, 0.4) is 0 Å². The highest BCUT2D eigenvalue weighted by molar-refractivity contribution is 5.79.